The minimum absolute atomic E-state index is 0.0406. The minimum atomic E-state index is -0.365. The maximum atomic E-state index is 12.5. The van der Waals surface area contributed by atoms with E-state index in [0.29, 0.717) is 49.2 Å². The molecule has 0 aromatic heterocycles. The summed E-state index contributed by atoms with van der Waals surface area (Å²) in [5, 5.41) is 5.73. The lowest BCUT2D eigenvalue weighted by Gasteiger charge is -2.15. The Morgan fingerprint density at radius 3 is 1.41 bits per heavy atom. The van der Waals surface area contributed by atoms with E-state index in [2.05, 4.69) is 10.6 Å². The summed E-state index contributed by atoms with van der Waals surface area (Å²) in [6.07, 6.45) is 1.69. The lowest BCUT2D eigenvalue weighted by molar-refractivity contribution is -0.120. The zero-order valence-corrected chi connectivity index (χ0v) is 22.3. The van der Waals surface area contributed by atoms with Crippen LogP contribution in [-0.2, 0) is 27.2 Å². The number of amides is 5. The van der Waals surface area contributed by atoms with Crippen LogP contribution >= 0.6 is 0 Å². The third-order valence-electron chi connectivity index (χ3n) is 6.26. The number of carbonyl (C=O) groups excluding carboxylic acids is 5. The van der Waals surface area contributed by atoms with Gasteiger partial charge in [0.25, 0.3) is 11.8 Å². The quantitative estimate of drug-likeness (QED) is 0.371. The van der Waals surface area contributed by atoms with Crippen LogP contribution in [-0.4, -0.2) is 50.2 Å². The summed E-state index contributed by atoms with van der Waals surface area (Å²) in [7, 11) is 1.72. The molecule has 202 valence electrons. The van der Waals surface area contributed by atoms with E-state index in [4.69, 9.17) is 0 Å². The second kappa shape index (κ2) is 13.7. The normalized spacial score (nSPS) is 10.3. The van der Waals surface area contributed by atoms with E-state index in [1.54, 1.807) is 60.5 Å². The Bertz CT molecular complexity index is 1320. The molecule has 0 fully saturated rings. The number of carbonyl (C=O) groups is 5. The van der Waals surface area contributed by atoms with Gasteiger partial charge in [-0.1, -0.05) is 24.3 Å². The first-order chi connectivity index (χ1) is 18.7. The van der Waals surface area contributed by atoms with Gasteiger partial charge in [-0.2, -0.15) is 0 Å². The van der Waals surface area contributed by atoms with Crippen LogP contribution in [0.1, 0.15) is 45.7 Å². The van der Waals surface area contributed by atoms with Crippen LogP contribution < -0.4 is 20.4 Å². The fraction of sp³-hybridized carbons (Fsp3) is 0.233. The Labute approximate surface area is 227 Å². The number of hydrogen-bond donors (Lipinski definition) is 2. The first-order valence-corrected chi connectivity index (χ1v) is 12.5. The summed E-state index contributed by atoms with van der Waals surface area (Å²) in [6.45, 7) is 3.67. The van der Waals surface area contributed by atoms with Crippen LogP contribution in [0.15, 0.2) is 72.8 Å². The van der Waals surface area contributed by atoms with Crippen molar-refractivity contribution in [2.45, 2.75) is 26.7 Å². The first kappa shape index (κ1) is 28.8. The van der Waals surface area contributed by atoms with Gasteiger partial charge in [0.15, 0.2) is 0 Å². The third-order valence-corrected chi connectivity index (χ3v) is 6.26. The molecule has 5 amide bonds. The lowest BCUT2D eigenvalue weighted by atomic mass is 10.1. The van der Waals surface area contributed by atoms with Gasteiger partial charge in [-0.25, -0.2) is 0 Å². The van der Waals surface area contributed by atoms with Crippen molar-refractivity contribution in [3.05, 3.63) is 95.1 Å². The zero-order valence-electron chi connectivity index (χ0n) is 22.3. The highest BCUT2D eigenvalue weighted by molar-refractivity contribution is 6.05. The molecule has 0 heterocycles. The molecule has 0 aliphatic rings. The van der Waals surface area contributed by atoms with Crippen LogP contribution in [0.25, 0.3) is 0 Å². The van der Waals surface area contributed by atoms with Gasteiger partial charge in [0.2, 0.25) is 18.2 Å². The molecule has 2 N–H and O–H groups in total. The summed E-state index contributed by atoms with van der Waals surface area (Å²) in [5.41, 5.74) is 4.19. The zero-order chi connectivity index (χ0) is 28.4. The highest BCUT2D eigenvalue weighted by Gasteiger charge is 2.11. The summed E-state index contributed by atoms with van der Waals surface area (Å²) in [5.74, 6) is -0.881. The molecule has 0 saturated carbocycles. The van der Waals surface area contributed by atoms with Gasteiger partial charge in [0.05, 0.1) is 5.69 Å². The van der Waals surface area contributed by atoms with Crippen molar-refractivity contribution in [2.24, 2.45) is 0 Å². The number of rotatable bonds is 11. The van der Waals surface area contributed by atoms with Crippen LogP contribution in [0.5, 0.6) is 0 Å². The van der Waals surface area contributed by atoms with E-state index in [1.165, 1.54) is 13.8 Å². The van der Waals surface area contributed by atoms with E-state index in [1.807, 2.05) is 24.3 Å². The third kappa shape index (κ3) is 8.10. The predicted molar refractivity (Wildman–Crippen MR) is 150 cm³/mol. The van der Waals surface area contributed by atoms with Crippen molar-refractivity contribution in [3.8, 4) is 0 Å². The monoisotopic (exact) mass is 528 g/mol. The van der Waals surface area contributed by atoms with Gasteiger partial charge in [-0.3, -0.25) is 28.9 Å². The highest BCUT2D eigenvalue weighted by Crippen LogP contribution is 2.15. The SMILES string of the molecule is CC(=O)N(C)c1ccc(CCNC(=O)c2ccc(C(=O)NCCc3ccc(N(C=O)C(C)=O)cc3)cc2)cc1. The molecule has 3 aromatic carbocycles. The Balaban J connectivity index is 1.43. The smallest absolute Gasteiger partial charge is 0.251 e. The second-order valence-electron chi connectivity index (χ2n) is 8.99. The van der Waals surface area contributed by atoms with E-state index in [0.717, 1.165) is 21.7 Å². The average Bonchev–Trinajstić information content (AvgIpc) is 2.94. The van der Waals surface area contributed by atoms with E-state index in [-0.39, 0.29) is 23.6 Å². The second-order valence-corrected chi connectivity index (χ2v) is 8.99. The number of hydrogen-bond acceptors (Lipinski definition) is 5. The fourth-order valence-corrected chi connectivity index (χ4v) is 3.83. The molecule has 0 spiro atoms. The number of benzene rings is 3. The van der Waals surface area contributed by atoms with Crippen LogP contribution in [0.2, 0.25) is 0 Å². The first-order valence-electron chi connectivity index (χ1n) is 12.5. The van der Waals surface area contributed by atoms with Gasteiger partial charge in [0.1, 0.15) is 0 Å². The standard InChI is InChI=1S/C30H32N4O5/c1-21(36)33(3)27-12-4-23(5-13-27)16-18-31-29(38)25-8-10-26(11-9-25)30(39)32-19-17-24-6-14-28(15-7-24)34(20-35)22(2)37/h4-15,20H,16-19H2,1-3H3,(H,31,38)(H,32,39). The molecule has 3 aromatic rings. The molecule has 9 nitrogen and oxygen atoms in total. The van der Waals surface area contributed by atoms with Crippen molar-refractivity contribution >= 4 is 41.4 Å². The van der Waals surface area contributed by atoms with Crippen LogP contribution in [0.4, 0.5) is 11.4 Å². The fourth-order valence-electron chi connectivity index (χ4n) is 3.83. The van der Waals surface area contributed by atoms with Crippen molar-refractivity contribution in [1.82, 2.24) is 10.6 Å². The van der Waals surface area contributed by atoms with Crippen molar-refractivity contribution in [2.75, 3.05) is 29.9 Å². The van der Waals surface area contributed by atoms with Crippen molar-refractivity contribution < 1.29 is 24.0 Å². The van der Waals surface area contributed by atoms with Gasteiger partial charge in [0, 0.05) is 50.8 Å². The predicted octanol–water partition coefficient (Wildman–Crippen LogP) is 3.12. The maximum absolute atomic E-state index is 12.5. The highest BCUT2D eigenvalue weighted by atomic mass is 16.2. The Morgan fingerprint density at radius 1 is 0.641 bits per heavy atom. The van der Waals surface area contributed by atoms with Crippen LogP contribution in [0.3, 0.4) is 0 Å². The molecular weight excluding hydrogens is 496 g/mol. The Morgan fingerprint density at radius 2 is 1.05 bits per heavy atom. The molecule has 0 aliphatic heterocycles. The van der Waals surface area contributed by atoms with E-state index >= 15 is 0 Å². The van der Waals surface area contributed by atoms with Crippen molar-refractivity contribution in [3.63, 3.8) is 0 Å². The number of nitrogens with one attached hydrogen (secondary N) is 2. The lowest BCUT2D eigenvalue weighted by Crippen LogP contribution is -2.27. The Hall–Kier alpha value is -4.79. The van der Waals surface area contributed by atoms with Crippen molar-refractivity contribution in [1.29, 1.82) is 0 Å². The summed E-state index contributed by atoms with van der Waals surface area (Å²) >= 11 is 0. The van der Waals surface area contributed by atoms with E-state index in [9.17, 15) is 24.0 Å². The largest absolute Gasteiger partial charge is 0.352 e. The van der Waals surface area contributed by atoms with E-state index < -0.39 is 0 Å². The van der Waals surface area contributed by atoms with Gasteiger partial charge in [-0.05, 0) is 72.5 Å². The number of imide groups is 1. The summed E-state index contributed by atoms with van der Waals surface area (Å²) in [4.78, 5) is 61.5. The molecule has 0 radical (unpaired) electrons. The van der Waals surface area contributed by atoms with Gasteiger partial charge < -0.3 is 15.5 Å². The molecule has 3 rings (SSSR count). The Kier molecular flexibility index (Phi) is 10.1. The molecule has 0 unspecified atom stereocenters. The minimum Gasteiger partial charge on any atom is -0.352 e. The molecule has 0 bridgehead atoms. The molecule has 9 heteroatoms. The van der Waals surface area contributed by atoms with Gasteiger partial charge >= 0.3 is 0 Å². The van der Waals surface area contributed by atoms with Gasteiger partial charge in [-0.15, -0.1) is 0 Å². The molecule has 0 saturated heterocycles. The molecule has 0 aliphatic carbocycles. The summed E-state index contributed by atoms with van der Waals surface area (Å²) in [6, 6.07) is 21.0. The molecule has 0 atom stereocenters. The number of nitrogens with zero attached hydrogens (tertiary/aromatic N) is 2. The van der Waals surface area contributed by atoms with Crippen LogP contribution in [0, 0.1) is 0 Å². The average molecular weight is 529 g/mol. The number of anilines is 2. The maximum Gasteiger partial charge on any atom is 0.251 e. The molecule has 39 heavy (non-hydrogen) atoms. The molecular formula is C30H32N4O5. The summed E-state index contributed by atoms with van der Waals surface area (Å²) < 4.78 is 0. The topological polar surface area (TPSA) is 116 Å².